The third kappa shape index (κ3) is 3.77. The van der Waals surface area contributed by atoms with Crippen molar-refractivity contribution < 1.29 is 14.5 Å². The Balaban J connectivity index is 1.80. The van der Waals surface area contributed by atoms with Gasteiger partial charge in [-0.3, -0.25) is 0 Å². The highest BCUT2D eigenvalue weighted by atomic mass is 16.6. The van der Waals surface area contributed by atoms with E-state index in [1.54, 1.807) is 24.3 Å². The molecule has 1 aliphatic rings. The third-order valence-electron chi connectivity index (χ3n) is 3.23. The largest absolute Gasteiger partial charge is 0.563 e. The van der Waals surface area contributed by atoms with E-state index in [9.17, 15) is 9.82 Å². The fraction of sp³-hybridized carbons (Fsp3) is 0.462. The van der Waals surface area contributed by atoms with Gasteiger partial charge >= 0.3 is 13.2 Å². The van der Waals surface area contributed by atoms with Crippen molar-refractivity contribution in [1.29, 1.82) is 0 Å². The van der Waals surface area contributed by atoms with Gasteiger partial charge in [0.2, 0.25) is 0 Å². The predicted octanol–water partition coefficient (Wildman–Crippen LogP) is 1.43. The number of hydrogen-bond donors (Lipinski definition) is 2. The zero-order valence-electron chi connectivity index (χ0n) is 10.3. The molecule has 1 amide bonds. The predicted molar refractivity (Wildman–Crippen MR) is 70.5 cm³/mol. The second kappa shape index (κ2) is 6.45. The minimum atomic E-state index is -1.20. The molecular formula is C13H18BNO3. The lowest BCUT2D eigenvalue weighted by Gasteiger charge is -2.22. The van der Waals surface area contributed by atoms with Crippen LogP contribution in [0.1, 0.15) is 32.1 Å². The van der Waals surface area contributed by atoms with Crippen LogP contribution in [0.2, 0.25) is 0 Å². The number of carbonyl (C=O) groups is 1. The summed E-state index contributed by atoms with van der Waals surface area (Å²) in [5.74, 6) is 0. The molecule has 1 fully saturated rings. The highest BCUT2D eigenvalue weighted by molar-refractivity contribution is 6.61. The lowest BCUT2D eigenvalue weighted by Crippen LogP contribution is -2.43. The van der Waals surface area contributed by atoms with Gasteiger partial charge in [-0.2, -0.15) is 0 Å². The maximum atomic E-state index is 11.6. The number of benzene rings is 1. The van der Waals surface area contributed by atoms with E-state index in [0.29, 0.717) is 5.46 Å². The molecule has 0 saturated heterocycles. The van der Waals surface area contributed by atoms with E-state index in [-0.39, 0.29) is 6.04 Å². The van der Waals surface area contributed by atoms with Crippen molar-refractivity contribution in [3.8, 4) is 0 Å². The summed E-state index contributed by atoms with van der Waals surface area (Å²) in [6.07, 6.45) is 4.98. The minimum absolute atomic E-state index is 0.189. The van der Waals surface area contributed by atoms with Crippen LogP contribution in [0.3, 0.4) is 0 Å². The molecule has 0 aliphatic heterocycles. The molecule has 4 nitrogen and oxygen atoms in total. The fourth-order valence-corrected chi connectivity index (χ4v) is 2.23. The van der Waals surface area contributed by atoms with Crippen LogP contribution in [0.5, 0.6) is 0 Å². The molecule has 1 saturated carbocycles. The van der Waals surface area contributed by atoms with Crippen molar-refractivity contribution in [2.75, 3.05) is 0 Å². The summed E-state index contributed by atoms with van der Waals surface area (Å²) in [5, 5.41) is 12.5. The minimum Gasteiger partial charge on any atom is -0.489 e. The van der Waals surface area contributed by atoms with Crippen LogP contribution < -0.4 is 10.8 Å². The second-order valence-electron chi connectivity index (χ2n) is 4.65. The molecule has 18 heavy (non-hydrogen) atoms. The molecule has 0 heterocycles. The van der Waals surface area contributed by atoms with Crippen LogP contribution in [-0.2, 0) is 4.65 Å². The molecule has 96 valence electrons. The van der Waals surface area contributed by atoms with Crippen molar-refractivity contribution in [3.05, 3.63) is 30.3 Å². The van der Waals surface area contributed by atoms with E-state index >= 15 is 0 Å². The molecule has 2 rings (SSSR count). The van der Waals surface area contributed by atoms with Gasteiger partial charge < -0.3 is 15.0 Å². The normalized spacial score (nSPS) is 16.1. The summed E-state index contributed by atoms with van der Waals surface area (Å²) in [4.78, 5) is 11.6. The number of carbonyl (C=O) groups excluding carboxylic acids is 1. The number of amides is 1. The van der Waals surface area contributed by atoms with Crippen LogP contribution in [0, 0.1) is 0 Å². The molecule has 0 aromatic heterocycles. The number of hydrogen-bond acceptors (Lipinski definition) is 3. The van der Waals surface area contributed by atoms with Crippen LogP contribution in [-0.4, -0.2) is 24.3 Å². The average Bonchev–Trinajstić information content (AvgIpc) is 2.40. The molecule has 1 aromatic rings. The van der Waals surface area contributed by atoms with E-state index in [1.807, 2.05) is 6.07 Å². The van der Waals surface area contributed by atoms with Crippen LogP contribution in [0.15, 0.2) is 30.3 Å². The Labute approximate surface area is 107 Å². The summed E-state index contributed by atoms with van der Waals surface area (Å²) in [7, 11) is -1.20. The van der Waals surface area contributed by atoms with E-state index in [0.717, 1.165) is 25.7 Å². The number of rotatable bonds is 3. The number of nitrogens with one attached hydrogen (secondary N) is 1. The third-order valence-corrected chi connectivity index (χ3v) is 3.23. The van der Waals surface area contributed by atoms with Gasteiger partial charge in [0, 0.05) is 6.04 Å². The van der Waals surface area contributed by atoms with Crippen molar-refractivity contribution >= 4 is 18.7 Å². The molecule has 5 heteroatoms. The zero-order chi connectivity index (χ0) is 12.8. The first-order valence-corrected chi connectivity index (χ1v) is 6.46. The van der Waals surface area contributed by atoms with Gasteiger partial charge in [-0.05, 0) is 18.3 Å². The van der Waals surface area contributed by atoms with Crippen LogP contribution >= 0.6 is 0 Å². The van der Waals surface area contributed by atoms with E-state index in [4.69, 9.17) is 4.65 Å². The molecule has 1 aliphatic carbocycles. The lowest BCUT2D eigenvalue weighted by molar-refractivity contribution is 0.185. The molecule has 1 aromatic carbocycles. The SMILES string of the molecule is O=C(NC1CCCCC1)OB(O)c1ccccc1. The monoisotopic (exact) mass is 247 g/mol. The van der Waals surface area contributed by atoms with Crippen LogP contribution in [0.4, 0.5) is 4.79 Å². The highest BCUT2D eigenvalue weighted by Gasteiger charge is 2.23. The summed E-state index contributed by atoms with van der Waals surface area (Å²) in [6, 6.07) is 9.06. The molecule has 0 spiro atoms. The quantitative estimate of drug-likeness (QED) is 0.794. The Morgan fingerprint density at radius 1 is 1.22 bits per heavy atom. The molecule has 0 radical (unpaired) electrons. The Hall–Kier alpha value is -1.49. The van der Waals surface area contributed by atoms with Crippen molar-refractivity contribution in [3.63, 3.8) is 0 Å². The van der Waals surface area contributed by atoms with Gasteiger partial charge in [-0.15, -0.1) is 0 Å². The van der Waals surface area contributed by atoms with E-state index in [2.05, 4.69) is 5.32 Å². The second-order valence-corrected chi connectivity index (χ2v) is 4.65. The topological polar surface area (TPSA) is 58.6 Å². The summed E-state index contributed by atoms with van der Waals surface area (Å²) >= 11 is 0. The smallest absolute Gasteiger partial charge is 0.489 e. The molecular weight excluding hydrogens is 229 g/mol. The molecule has 0 atom stereocenters. The molecule has 0 bridgehead atoms. The first-order chi connectivity index (χ1) is 8.75. The van der Waals surface area contributed by atoms with Gasteiger partial charge in [-0.1, -0.05) is 49.6 Å². The van der Waals surface area contributed by atoms with Crippen molar-refractivity contribution in [1.82, 2.24) is 5.32 Å². The standard InChI is InChI=1S/C13H18BNO3/c16-13(15-12-9-5-2-6-10-12)18-14(17)11-7-3-1-4-8-11/h1,3-4,7-8,12,17H,2,5-6,9-10H2,(H,15,16). The average molecular weight is 247 g/mol. The first kappa shape index (κ1) is 13.0. The van der Waals surface area contributed by atoms with Gasteiger partial charge in [0.1, 0.15) is 0 Å². The summed E-state index contributed by atoms with van der Waals surface area (Å²) in [6.45, 7) is 0. The highest BCUT2D eigenvalue weighted by Crippen LogP contribution is 2.17. The van der Waals surface area contributed by atoms with Crippen molar-refractivity contribution in [2.24, 2.45) is 0 Å². The van der Waals surface area contributed by atoms with E-state index < -0.39 is 13.2 Å². The van der Waals surface area contributed by atoms with E-state index in [1.165, 1.54) is 6.42 Å². The van der Waals surface area contributed by atoms with Gasteiger partial charge in [0.15, 0.2) is 0 Å². The van der Waals surface area contributed by atoms with Gasteiger partial charge in [0.05, 0.1) is 0 Å². The summed E-state index contributed by atoms with van der Waals surface area (Å²) < 4.78 is 4.94. The van der Waals surface area contributed by atoms with Crippen molar-refractivity contribution in [2.45, 2.75) is 38.1 Å². The summed E-state index contributed by atoms with van der Waals surface area (Å²) in [5.41, 5.74) is 0.580. The first-order valence-electron chi connectivity index (χ1n) is 6.46. The van der Waals surface area contributed by atoms with Gasteiger partial charge in [-0.25, -0.2) is 4.79 Å². The Bertz CT molecular complexity index is 379. The fourth-order valence-electron chi connectivity index (χ4n) is 2.23. The Kier molecular flexibility index (Phi) is 4.64. The maximum absolute atomic E-state index is 11.6. The zero-order valence-corrected chi connectivity index (χ0v) is 10.3. The van der Waals surface area contributed by atoms with Gasteiger partial charge in [0.25, 0.3) is 0 Å². The van der Waals surface area contributed by atoms with Crippen LogP contribution in [0.25, 0.3) is 0 Å². The Morgan fingerprint density at radius 2 is 1.89 bits per heavy atom. The maximum Gasteiger partial charge on any atom is 0.563 e. The Morgan fingerprint density at radius 3 is 2.56 bits per heavy atom. The lowest BCUT2D eigenvalue weighted by atomic mass is 9.80. The molecule has 2 N–H and O–H groups in total. The molecule has 0 unspecified atom stereocenters.